The molecule has 0 amide bonds. The molecule has 2 N–H and O–H groups in total. The Morgan fingerprint density at radius 3 is 2.27 bits per heavy atom. The van der Waals surface area contributed by atoms with Gasteiger partial charge in [0.05, 0.1) is 5.69 Å². The Balaban J connectivity index is 2.42. The van der Waals surface area contributed by atoms with Crippen LogP contribution in [0.3, 0.4) is 0 Å². The number of hydrogen-bond acceptors (Lipinski definition) is 2. The number of rotatable bonds is 2. The Hall–Kier alpha value is -0.830. The van der Waals surface area contributed by atoms with Gasteiger partial charge in [-0.15, -0.1) is 0 Å². The highest BCUT2D eigenvalue weighted by molar-refractivity contribution is 5.39. The molecule has 1 saturated carbocycles. The fourth-order valence-electron chi connectivity index (χ4n) is 2.70. The molecule has 1 aliphatic rings. The molecule has 0 saturated heterocycles. The van der Waals surface area contributed by atoms with E-state index in [1.165, 1.54) is 11.3 Å². The van der Waals surface area contributed by atoms with E-state index in [1.54, 1.807) is 0 Å². The maximum absolute atomic E-state index is 6.13. The van der Waals surface area contributed by atoms with Crippen molar-refractivity contribution in [3.8, 4) is 0 Å². The molecule has 2 atom stereocenters. The Morgan fingerprint density at radius 1 is 1.40 bits per heavy atom. The molecule has 1 aromatic rings. The van der Waals surface area contributed by atoms with E-state index in [1.807, 2.05) is 0 Å². The minimum atomic E-state index is 0.247. The van der Waals surface area contributed by atoms with Gasteiger partial charge in [-0.3, -0.25) is 4.68 Å². The van der Waals surface area contributed by atoms with Gasteiger partial charge < -0.3 is 5.73 Å². The smallest absolute Gasteiger partial charge is 0.0632 e. The largest absolute Gasteiger partial charge is 0.327 e. The van der Waals surface area contributed by atoms with Crippen LogP contribution < -0.4 is 5.73 Å². The van der Waals surface area contributed by atoms with Gasteiger partial charge in [0, 0.05) is 29.8 Å². The van der Waals surface area contributed by atoms with Gasteiger partial charge in [0.15, 0.2) is 0 Å². The van der Waals surface area contributed by atoms with Crippen LogP contribution in [0.25, 0.3) is 0 Å². The molecular formula is C12H21N3. The average molecular weight is 207 g/mol. The molecule has 1 aromatic heterocycles. The van der Waals surface area contributed by atoms with Gasteiger partial charge in [0.2, 0.25) is 0 Å². The summed E-state index contributed by atoms with van der Waals surface area (Å²) in [7, 11) is 0. The van der Waals surface area contributed by atoms with Crippen molar-refractivity contribution in [2.24, 2.45) is 11.1 Å². The molecule has 0 unspecified atom stereocenters. The fraction of sp³-hybridized carbons (Fsp3) is 0.750. The molecular weight excluding hydrogens is 186 g/mol. The zero-order valence-corrected chi connectivity index (χ0v) is 10.3. The summed E-state index contributed by atoms with van der Waals surface area (Å²) in [4.78, 5) is 0. The van der Waals surface area contributed by atoms with E-state index < -0.39 is 0 Å². The quantitative estimate of drug-likeness (QED) is 0.805. The monoisotopic (exact) mass is 207 g/mol. The van der Waals surface area contributed by atoms with E-state index in [4.69, 9.17) is 5.73 Å². The summed E-state index contributed by atoms with van der Waals surface area (Å²) in [5.41, 5.74) is 10.2. The van der Waals surface area contributed by atoms with Gasteiger partial charge in [0.25, 0.3) is 0 Å². The Kier molecular flexibility index (Phi) is 2.19. The van der Waals surface area contributed by atoms with Crippen LogP contribution >= 0.6 is 0 Å². The van der Waals surface area contributed by atoms with Crippen LogP contribution in [-0.4, -0.2) is 15.8 Å². The summed E-state index contributed by atoms with van der Waals surface area (Å²) < 4.78 is 2.08. The SMILES string of the molecule is CCn1nc(C)c([C@H]2[C@H](N)C2(C)C)c1C. The minimum Gasteiger partial charge on any atom is -0.327 e. The zero-order chi connectivity index (χ0) is 11.4. The van der Waals surface area contributed by atoms with Crippen molar-refractivity contribution in [3.05, 3.63) is 17.0 Å². The summed E-state index contributed by atoms with van der Waals surface area (Å²) in [6, 6.07) is 0.296. The molecule has 1 fully saturated rings. The standard InChI is InChI=1S/C12H21N3/c1-6-15-8(3)9(7(2)14-15)10-11(13)12(10,4)5/h10-11H,6,13H2,1-5H3/t10-,11-/m0/s1. The highest BCUT2D eigenvalue weighted by Gasteiger charge is 2.57. The number of nitrogens with two attached hydrogens (primary N) is 1. The lowest BCUT2D eigenvalue weighted by molar-refractivity contribution is 0.596. The minimum absolute atomic E-state index is 0.247. The van der Waals surface area contributed by atoms with Crippen molar-refractivity contribution in [3.63, 3.8) is 0 Å². The third-order valence-corrected chi connectivity index (χ3v) is 3.96. The maximum atomic E-state index is 6.13. The molecule has 84 valence electrons. The number of nitrogens with zero attached hydrogens (tertiary/aromatic N) is 2. The number of aromatic nitrogens is 2. The molecule has 1 aliphatic carbocycles. The van der Waals surface area contributed by atoms with Gasteiger partial charge in [-0.2, -0.15) is 5.10 Å². The first-order valence-corrected chi connectivity index (χ1v) is 5.70. The summed E-state index contributed by atoms with van der Waals surface area (Å²) in [5, 5.41) is 4.55. The van der Waals surface area contributed by atoms with Gasteiger partial charge in [-0.05, 0) is 26.2 Å². The predicted molar refractivity (Wildman–Crippen MR) is 61.9 cm³/mol. The van der Waals surface area contributed by atoms with Crippen LogP contribution in [-0.2, 0) is 6.54 Å². The third kappa shape index (κ3) is 1.33. The second-order valence-corrected chi connectivity index (χ2v) is 5.23. The molecule has 0 spiro atoms. The van der Waals surface area contributed by atoms with Crippen LogP contribution in [0.4, 0.5) is 0 Å². The van der Waals surface area contributed by atoms with Crippen molar-refractivity contribution in [1.82, 2.24) is 9.78 Å². The lowest BCUT2D eigenvalue weighted by Crippen LogP contribution is -2.06. The first-order valence-electron chi connectivity index (χ1n) is 5.70. The number of aryl methyl sites for hydroxylation is 2. The van der Waals surface area contributed by atoms with E-state index in [0.29, 0.717) is 12.0 Å². The second kappa shape index (κ2) is 3.08. The molecule has 0 bridgehead atoms. The van der Waals surface area contributed by atoms with Crippen LogP contribution in [0, 0.1) is 19.3 Å². The van der Waals surface area contributed by atoms with E-state index in [2.05, 4.69) is 44.4 Å². The van der Waals surface area contributed by atoms with Crippen molar-refractivity contribution in [1.29, 1.82) is 0 Å². The highest BCUT2D eigenvalue weighted by atomic mass is 15.3. The van der Waals surface area contributed by atoms with Crippen molar-refractivity contribution < 1.29 is 0 Å². The molecule has 0 aliphatic heterocycles. The highest BCUT2D eigenvalue weighted by Crippen LogP contribution is 2.58. The summed E-state index contributed by atoms with van der Waals surface area (Å²) >= 11 is 0. The summed E-state index contributed by atoms with van der Waals surface area (Å²) in [6.45, 7) is 11.8. The molecule has 2 rings (SSSR count). The first-order chi connectivity index (χ1) is 6.91. The summed E-state index contributed by atoms with van der Waals surface area (Å²) in [5.74, 6) is 0.498. The van der Waals surface area contributed by atoms with Crippen molar-refractivity contribution in [2.45, 2.75) is 53.1 Å². The average Bonchev–Trinajstić information content (AvgIpc) is 2.53. The van der Waals surface area contributed by atoms with Gasteiger partial charge in [0.1, 0.15) is 0 Å². The maximum Gasteiger partial charge on any atom is 0.0632 e. The van der Waals surface area contributed by atoms with Gasteiger partial charge in [-0.1, -0.05) is 13.8 Å². The predicted octanol–water partition coefficient (Wildman–Crippen LogP) is 1.97. The molecule has 15 heavy (non-hydrogen) atoms. The lowest BCUT2D eigenvalue weighted by Gasteiger charge is -2.04. The molecule has 3 nitrogen and oxygen atoms in total. The number of hydrogen-bond donors (Lipinski definition) is 1. The van der Waals surface area contributed by atoms with Crippen molar-refractivity contribution in [2.75, 3.05) is 0 Å². The third-order valence-electron chi connectivity index (χ3n) is 3.96. The Bertz CT molecular complexity index is 390. The summed E-state index contributed by atoms with van der Waals surface area (Å²) in [6.07, 6.45) is 0. The Labute approximate surface area is 91.7 Å². The van der Waals surface area contributed by atoms with E-state index >= 15 is 0 Å². The lowest BCUT2D eigenvalue weighted by atomic mass is 10.0. The fourth-order valence-corrected chi connectivity index (χ4v) is 2.70. The van der Waals surface area contributed by atoms with E-state index in [-0.39, 0.29) is 5.41 Å². The van der Waals surface area contributed by atoms with E-state index in [9.17, 15) is 0 Å². The second-order valence-electron chi connectivity index (χ2n) is 5.23. The Morgan fingerprint density at radius 2 is 1.93 bits per heavy atom. The van der Waals surface area contributed by atoms with Gasteiger partial charge >= 0.3 is 0 Å². The molecule has 1 heterocycles. The molecule has 0 radical (unpaired) electrons. The topological polar surface area (TPSA) is 43.8 Å². The van der Waals surface area contributed by atoms with Crippen molar-refractivity contribution >= 4 is 0 Å². The van der Waals surface area contributed by atoms with Crippen LogP contribution in [0.2, 0.25) is 0 Å². The van der Waals surface area contributed by atoms with E-state index in [0.717, 1.165) is 12.2 Å². The van der Waals surface area contributed by atoms with Crippen LogP contribution in [0.15, 0.2) is 0 Å². The van der Waals surface area contributed by atoms with Gasteiger partial charge in [-0.25, -0.2) is 0 Å². The molecule has 0 aromatic carbocycles. The molecule has 3 heteroatoms. The first kappa shape index (κ1) is 10.7. The van der Waals surface area contributed by atoms with Crippen LogP contribution in [0.5, 0.6) is 0 Å². The van der Waals surface area contributed by atoms with Crippen LogP contribution in [0.1, 0.15) is 43.6 Å². The normalized spacial score (nSPS) is 28.1. The zero-order valence-electron chi connectivity index (χ0n) is 10.3.